The van der Waals surface area contributed by atoms with E-state index in [0.29, 0.717) is 5.82 Å². The first-order valence-electron chi connectivity index (χ1n) is 9.06. The molecule has 3 aromatic heterocycles. The molecule has 0 aromatic carbocycles. The van der Waals surface area contributed by atoms with Gasteiger partial charge in [0.1, 0.15) is 0 Å². The van der Waals surface area contributed by atoms with Crippen molar-refractivity contribution in [1.29, 1.82) is 0 Å². The number of rotatable bonds is 7. The Morgan fingerprint density at radius 3 is 2.63 bits per heavy atom. The lowest BCUT2D eigenvalue weighted by Crippen LogP contribution is -2.33. The predicted molar refractivity (Wildman–Crippen MR) is 106 cm³/mol. The maximum Gasteiger partial charge on any atom is 0.221 e. The Hall–Kier alpha value is -2.54. The van der Waals surface area contributed by atoms with Crippen LogP contribution in [0.1, 0.15) is 58.7 Å². The van der Waals surface area contributed by atoms with Gasteiger partial charge in [-0.3, -0.25) is 14.0 Å². The molecular formula is C20H24N4O2S. The summed E-state index contributed by atoms with van der Waals surface area (Å²) in [7, 11) is 0. The van der Waals surface area contributed by atoms with E-state index in [4.69, 9.17) is 0 Å². The minimum Gasteiger partial charge on any atom is -0.346 e. The zero-order valence-electron chi connectivity index (χ0n) is 16.0. The molecule has 0 saturated carbocycles. The van der Waals surface area contributed by atoms with Crippen LogP contribution in [-0.2, 0) is 4.79 Å². The van der Waals surface area contributed by atoms with Gasteiger partial charge in [-0.15, -0.1) is 21.5 Å². The number of carbonyl (C=O) groups excluding carboxylic acids is 2. The SMILES string of the molecule is Cc1cc(C(=O)CCC(=O)N[C@H](c2nnc3ccccn23)C(C)C)c(C)s1. The number of carbonyl (C=O) groups is 2. The van der Waals surface area contributed by atoms with Crippen LogP contribution >= 0.6 is 11.3 Å². The van der Waals surface area contributed by atoms with Gasteiger partial charge in [-0.25, -0.2) is 0 Å². The van der Waals surface area contributed by atoms with E-state index < -0.39 is 0 Å². The van der Waals surface area contributed by atoms with Crippen molar-refractivity contribution in [2.24, 2.45) is 5.92 Å². The fourth-order valence-electron chi connectivity index (χ4n) is 3.12. The molecule has 3 heterocycles. The highest BCUT2D eigenvalue weighted by molar-refractivity contribution is 7.12. The van der Waals surface area contributed by atoms with Crippen molar-refractivity contribution < 1.29 is 9.59 Å². The third kappa shape index (κ3) is 4.24. The lowest BCUT2D eigenvalue weighted by molar-refractivity contribution is -0.122. The van der Waals surface area contributed by atoms with E-state index in [-0.39, 0.29) is 36.5 Å². The minimum atomic E-state index is -0.268. The molecule has 1 amide bonds. The maximum absolute atomic E-state index is 12.5. The Balaban J connectivity index is 1.67. The highest BCUT2D eigenvalue weighted by Gasteiger charge is 2.24. The van der Waals surface area contributed by atoms with Gasteiger partial charge >= 0.3 is 0 Å². The second kappa shape index (κ2) is 8.00. The Labute approximate surface area is 162 Å². The Morgan fingerprint density at radius 1 is 1.19 bits per heavy atom. The smallest absolute Gasteiger partial charge is 0.221 e. The molecular weight excluding hydrogens is 360 g/mol. The Kier molecular flexibility index (Phi) is 5.70. The van der Waals surface area contributed by atoms with Gasteiger partial charge in [0, 0.05) is 34.4 Å². The van der Waals surface area contributed by atoms with Crippen LogP contribution in [0.2, 0.25) is 0 Å². The zero-order chi connectivity index (χ0) is 19.6. The van der Waals surface area contributed by atoms with E-state index in [1.165, 1.54) is 0 Å². The average Bonchev–Trinajstić information content (AvgIpc) is 3.20. The average molecular weight is 385 g/mol. The Morgan fingerprint density at radius 2 is 1.96 bits per heavy atom. The first-order valence-corrected chi connectivity index (χ1v) is 9.87. The number of aryl methyl sites for hydroxylation is 2. The molecule has 1 N–H and O–H groups in total. The van der Waals surface area contributed by atoms with E-state index in [1.54, 1.807) is 11.3 Å². The fourth-order valence-corrected chi connectivity index (χ4v) is 4.06. The molecule has 0 aliphatic heterocycles. The summed E-state index contributed by atoms with van der Waals surface area (Å²) < 4.78 is 1.88. The molecule has 0 unspecified atom stereocenters. The largest absolute Gasteiger partial charge is 0.346 e. The molecule has 1 atom stereocenters. The van der Waals surface area contributed by atoms with Crippen molar-refractivity contribution in [3.8, 4) is 0 Å². The number of Topliss-reactive ketones (excluding diaryl/α,β-unsaturated/α-hetero) is 1. The lowest BCUT2D eigenvalue weighted by Gasteiger charge is -2.20. The van der Waals surface area contributed by atoms with Crippen LogP contribution in [0.25, 0.3) is 5.65 Å². The van der Waals surface area contributed by atoms with Gasteiger partial charge in [-0.2, -0.15) is 0 Å². The van der Waals surface area contributed by atoms with Gasteiger partial charge in [-0.05, 0) is 38.0 Å². The van der Waals surface area contributed by atoms with Crippen LogP contribution in [0.15, 0.2) is 30.5 Å². The summed E-state index contributed by atoms with van der Waals surface area (Å²) in [5.41, 5.74) is 1.47. The van der Waals surface area contributed by atoms with Gasteiger partial charge in [0.2, 0.25) is 5.91 Å². The monoisotopic (exact) mass is 384 g/mol. The molecule has 3 aromatic rings. The summed E-state index contributed by atoms with van der Waals surface area (Å²) in [4.78, 5) is 27.0. The molecule has 0 fully saturated rings. The third-order valence-electron chi connectivity index (χ3n) is 4.52. The summed E-state index contributed by atoms with van der Waals surface area (Å²) in [5.74, 6) is 0.698. The van der Waals surface area contributed by atoms with Crippen LogP contribution < -0.4 is 5.32 Å². The molecule has 142 valence electrons. The third-order valence-corrected chi connectivity index (χ3v) is 5.49. The van der Waals surface area contributed by atoms with Crippen molar-refractivity contribution >= 4 is 28.7 Å². The standard InChI is InChI=1S/C20H24N4O2S/c1-12(2)19(20-23-22-17-7-5-6-10-24(17)20)21-18(26)9-8-16(25)15-11-13(3)27-14(15)4/h5-7,10-12,19H,8-9H2,1-4H3,(H,21,26)/t19-/m0/s1. The van der Waals surface area contributed by atoms with Crippen LogP contribution in [-0.4, -0.2) is 26.3 Å². The lowest BCUT2D eigenvalue weighted by atomic mass is 10.0. The van der Waals surface area contributed by atoms with E-state index in [0.717, 1.165) is 21.0 Å². The molecule has 27 heavy (non-hydrogen) atoms. The number of thiophene rings is 1. The van der Waals surface area contributed by atoms with Crippen LogP contribution in [0.5, 0.6) is 0 Å². The Bertz CT molecular complexity index is 973. The highest BCUT2D eigenvalue weighted by atomic mass is 32.1. The fraction of sp³-hybridized carbons (Fsp3) is 0.400. The van der Waals surface area contributed by atoms with Gasteiger partial charge in [0.05, 0.1) is 6.04 Å². The van der Waals surface area contributed by atoms with E-state index in [2.05, 4.69) is 15.5 Å². The number of aromatic nitrogens is 3. The first-order chi connectivity index (χ1) is 12.9. The number of hydrogen-bond donors (Lipinski definition) is 1. The van der Waals surface area contributed by atoms with Crippen molar-refractivity contribution in [1.82, 2.24) is 19.9 Å². The van der Waals surface area contributed by atoms with Crippen molar-refractivity contribution in [2.75, 3.05) is 0 Å². The number of hydrogen-bond acceptors (Lipinski definition) is 5. The number of amides is 1. The highest BCUT2D eigenvalue weighted by Crippen LogP contribution is 2.23. The normalized spacial score (nSPS) is 12.5. The van der Waals surface area contributed by atoms with Crippen molar-refractivity contribution in [3.05, 3.63) is 51.6 Å². The summed E-state index contributed by atoms with van der Waals surface area (Å²) in [6.07, 6.45) is 2.25. The number of nitrogens with zero attached hydrogens (tertiary/aromatic N) is 3. The molecule has 7 heteroatoms. The molecule has 3 rings (SSSR count). The predicted octanol–water partition coefficient (Wildman–Crippen LogP) is 3.88. The molecule has 0 radical (unpaired) electrons. The number of pyridine rings is 1. The molecule has 0 bridgehead atoms. The zero-order valence-corrected chi connectivity index (χ0v) is 16.8. The van der Waals surface area contributed by atoms with Gasteiger partial charge in [0.15, 0.2) is 17.3 Å². The quantitative estimate of drug-likeness (QED) is 0.627. The van der Waals surface area contributed by atoms with Gasteiger partial charge in [-0.1, -0.05) is 19.9 Å². The molecule has 0 aliphatic rings. The summed E-state index contributed by atoms with van der Waals surface area (Å²) >= 11 is 1.61. The maximum atomic E-state index is 12.5. The second-order valence-corrected chi connectivity index (χ2v) is 8.49. The van der Waals surface area contributed by atoms with Gasteiger partial charge in [0.25, 0.3) is 0 Å². The minimum absolute atomic E-state index is 0.0148. The van der Waals surface area contributed by atoms with Crippen molar-refractivity contribution in [2.45, 2.75) is 46.6 Å². The van der Waals surface area contributed by atoms with Crippen LogP contribution in [0, 0.1) is 19.8 Å². The number of nitrogens with one attached hydrogen (secondary N) is 1. The molecule has 6 nitrogen and oxygen atoms in total. The van der Waals surface area contributed by atoms with E-state index >= 15 is 0 Å². The van der Waals surface area contributed by atoms with Gasteiger partial charge < -0.3 is 5.32 Å². The van der Waals surface area contributed by atoms with E-state index in [9.17, 15) is 9.59 Å². The van der Waals surface area contributed by atoms with Crippen LogP contribution in [0.3, 0.4) is 0 Å². The topological polar surface area (TPSA) is 76.4 Å². The molecule has 0 spiro atoms. The summed E-state index contributed by atoms with van der Waals surface area (Å²) in [6.45, 7) is 7.97. The molecule has 0 saturated heterocycles. The van der Waals surface area contributed by atoms with Crippen LogP contribution in [0.4, 0.5) is 0 Å². The first kappa shape index (κ1) is 19.2. The number of fused-ring (bicyclic) bond motifs is 1. The number of ketones is 1. The second-order valence-electron chi connectivity index (χ2n) is 7.03. The molecule has 0 aliphatic carbocycles. The summed E-state index contributed by atoms with van der Waals surface area (Å²) in [6, 6.07) is 7.31. The van der Waals surface area contributed by atoms with Crippen molar-refractivity contribution in [3.63, 3.8) is 0 Å². The van der Waals surface area contributed by atoms with E-state index in [1.807, 2.05) is 62.6 Å². The summed E-state index contributed by atoms with van der Waals surface area (Å²) in [5, 5.41) is 11.4.